The summed E-state index contributed by atoms with van der Waals surface area (Å²) in [5.41, 5.74) is 3.44. The van der Waals surface area contributed by atoms with Gasteiger partial charge in [0.15, 0.2) is 0 Å². The Hall–Kier alpha value is -2.05. The Bertz CT molecular complexity index is 836. The van der Waals surface area contributed by atoms with E-state index in [-0.39, 0.29) is 24.0 Å². The highest BCUT2D eigenvalue weighted by molar-refractivity contribution is 5.89. The summed E-state index contributed by atoms with van der Waals surface area (Å²) in [5.74, 6) is 1.03. The number of aryl methyl sites for hydroxylation is 1. The van der Waals surface area contributed by atoms with Crippen molar-refractivity contribution in [3.63, 3.8) is 0 Å². The van der Waals surface area contributed by atoms with Crippen molar-refractivity contribution in [2.75, 3.05) is 33.4 Å². The zero-order chi connectivity index (χ0) is 17.8. The summed E-state index contributed by atoms with van der Waals surface area (Å²) in [7, 11) is 3.71. The van der Waals surface area contributed by atoms with E-state index in [4.69, 9.17) is 4.74 Å². The number of hydrogen-bond acceptors (Lipinski definition) is 4. The average Bonchev–Trinajstić information content (AvgIpc) is 2.91. The molecule has 2 aliphatic rings. The lowest BCUT2D eigenvalue weighted by Crippen LogP contribution is -2.67. The average molecular weight is 343 g/mol. The van der Waals surface area contributed by atoms with Crippen LogP contribution in [0.2, 0.25) is 0 Å². The van der Waals surface area contributed by atoms with Crippen molar-refractivity contribution in [3.05, 3.63) is 29.5 Å². The van der Waals surface area contributed by atoms with E-state index in [2.05, 4.69) is 16.0 Å². The summed E-state index contributed by atoms with van der Waals surface area (Å²) in [4.78, 5) is 14.0. The molecule has 0 saturated carbocycles. The highest BCUT2D eigenvalue weighted by Gasteiger charge is 2.51. The first-order valence-electron chi connectivity index (χ1n) is 8.83. The number of fused-ring (bicyclic) bond motifs is 4. The van der Waals surface area contributed by atoms with E-state index in [9.17, 15) is 9.90 Å². The lowest BCUT2D eigenvalue weighted by atomic mass is 9.69. The van der Waals surface area contributed by atoms with Crippen molar-refractivity contribution < 1.29 is 14.6 Å². The van der Waals surface area contributed by atoms with Gasteiger partial charge in [-0.2, -0.15) is 0 Å². The van der Waals surface area contributed by atoms with Crippen molar-refractivity contribution in [1.29, 1.82) is 0 Å². The number of carbonyl (C=O) groups is 1. The number of nitrogens with one attached hydrogen (secondary N) is 1. The van der Waals surface area contributed by atoms with E-state index in [1.54, 1.807) is 7.11 Å². The molecular formula is C19H25N3O3. The van der Waals surface area contributed by atoms with Crippen LogP contribution in [0.5, 0.6) is 5.75 Å². The molecule has 1 amide bonds. The molecule has 25 heavy (non-hydrogen) atoms. The molecule has 2 N–H and O–H groups in total. The zero-order valence-corrected chi connectivity index (χ0v) is 15.0. The van der Waals surface area contributed by atoms with Crippen molar-refractivity contribution >= 4 is 16.8 Å². The minimum Gasteiger partial charge on any atom is -0.497 e. The molecule has 0 aliphatic carbocycles. The van der Waals surface area contributed by atoms with Gasteiger partial charge in [-0.05, 0) is 17.7 Å². The van der Waals surface area contributed by atoms with Crippen molar-refractivity contribution in [2.45, 2.75) is 24.8 Å². The van der Waals surface area contributed by atoms with Gasteiger partial charge >= 0.3 is 0 Å². The van der Waals surface area contributed by atoms with E-state index in [1.165, 1.54) is 10.9 Å². The van der Waals surface area contributed by atoms with Crippen LogP contribution >= 0.6 is 0 Å². The van der Waals surface area contributed by atoms with Gasteiger partial charge in [0.05, 0.1) is 25.3 Å². The van der Waals surface area contributed by atoms with E-state index in [1.807, 2.05) is 31.0 Å². The van der Waals surface area contributed by atoms with Gasteiger partial charge in [-0.3, -0.25) is 4.79 Å². The number of likely N-dealkylation sites (tertiary alicyclic amines) is 1. The molecule has 2 aromatic rings. The summed E-state index contributed by atoms with van der Waals surface area (Å²) in [6, 6.07) is 6.06. The van der Waals surface area contributed by atoms with E-state index >= 15 is 0 Å². The number of aromatic nitrogens is 1. The van der Waals surface area contributed by atoms with Crippen LogP contribution in [0.25, 0.3) is 10.9 Å². The van der Waals surface area contributed by atoms with Gasteiger partial charge in [0.1, 0.15) is 5.75 Å². The molecule has 0 unspecified atom stereocenters. The van der Waals surface area contributed by atoms with Gasteiger partial charge in [-0.15, -0.1) is 0 Å². The summed E-state index contributed by atoms with van der Waals surface area (Å²) in [5, 5.41) is 14.5. The number of aliphatic hydroxyl groups excluding tert-OH is 1. The van der Waals surface area contributed by atoms with Gasteiger partial charge in [-0.25, -0.2) is 0 Å². The molecule has 1 aromatic heterocycles. The molecule has 1 spiro atoms. The second-order valence-corrected chi connectivity index (χ2v) is 7.20. The number of ether oxygens (including phenoxy) is 1. The summed E-state index contributed by atoms with van der Waals surface area (Å²) < 4.78 is 7.55. The first-order valence-corrected chi connectivity index (χ1v) is 8.83. The summed E-state index contributed by atoms with van der Waals surface area (Å²) in [6.07, 6.45) is 0.544. The van der Waals surface area contributed by atoms with Gasteiger partial charge in [0.2, 0.25) is 5.91 Å². The van der Waals surface area contributed by atoms with Crippen LogP contribution in [-0.4, -0.2) is 53.8 Å². The molecule has 6 heteroatoms. The van der Waals surface area contributed by atoms with Crippen LogP contribution < -0.4 is 10.1 Å². The number of benzene rings is 1. The maximum absolute atomic E-state index is 12.0. The SMILES string of the molecule is CCC(=O)N1CC2(CN[C@H](CO)c3c2c2ccc(OC)cc2n3C)C1. The Morgan fingerprint density at radius 1 is 1.44 bits per heavy atom. The lowest BCUT2D eigenvalue weighted by molar-refractivity contribution is -0.138. The molecule has 134 valence electrons. The molecule has 2 aliphatic heterocycles. The summed E-state index contributed by atoms with van der Waals surface area (Å²) >= 11 is 0. The fraction of sp³-hybridized carbons (Fsp3) is 0.526. The zero-order valence-electron chi connectivity index (χ0n) is 15.0. The Morgan fingerprint density at radius 2 is 2.20 bits per heavy atom. The van der Waals surface area contributed by atoms with Crippen LogP contribution in [0.1, 0.15) is 30.6 Å². The molecule has 1 aromatic carbocycles. The molecule has 0 bridgehead atoms. The molecule has 1 atom stereocenters. The Kier molecular flexibility index (Phi) is 3.77. The van der Waals surface area contributed by atoms with E-state index in [0.29, 0.717) is 6.42 Å². The van der Waals surface area contributed by atoms with Crippen molar-refractivity contribution in [2.24, 2.45) is 7.05 Å². The number of methoxy groups -OCH3 is 1. The van der Waals surface area contributed by atoms with Crippen molar-refractivity contribution in [1.82, 2.24) is 14.8 Å². The molecule has 0 radical (unpaired) electrons. The van der Waals surface area contributed by atoms with Crippen LogP contribution in [-0.2, 0) is 17.3 Å². The number of rotatable bonds is 3. The second kappa shape index (κ2) is 5.75. The standard InChI is InChI=1S/C19H25N3O3/c1-4-16(24)22-10-19(11-22)9-20-14(8-23)18-17(19)13-6-5-12(25-3)7-15(13)21(18)2/h5-7,14,20,23H,4,8-11H2,1-3H3/t14-/m1/s1. The third-order valence-corrected chi connectivity index (χ3v) is 5.83. The van der Waals surface area contributed by atoms with Gasteiger partial charge in [-0.1, -0.05) is 6.92 Å². The molecule has 6 nitrogen and oxygen atoms in total. The number of amides is 1. The van der Waals surface area contributed by atoms with Crippen LogP contribution in [0.3, 0.4) is 0 Å². The highest BCUT2D eigenvalue weighted by atomic mass is 16.5. The van der Waals surface area contributed by atoms with Crippen LogP contribution in [0.15, 0.2) is 18.2 Å². The topological polar surface area (TPSA) is 66.7 Å². The van der Waals surface area contributed by atoms with Gasteiger partial charge in [0, 0.05) is 55.7 Å². The van der Waals surface area contributed by atoms with E-state index in [0.717, 1.165) is 36.6 Å². The first-order chi connectivity index (χ1) is 12.0. The Morgan fingerprint density at radius 3 is 2.84 bits per heavy atom. The molecular weight excluding hydrogens is 318 g/mol. The van der Waals surface area contributed by atoms with Crippen LogP contribution in [0, 0.1) is 0 Å². The molecule has 4 rings (SSSR count). The molecule has 3 heterocycles. The Labute approximate surface area is 147 Å². The fourth-order valence-corrected chi connectivity index (χ4v) is 4.54. The van der Waals surface area contributed by atoms with Crippen molar-refractivity contribution in [3.8, 4) is 5.75 Å². The maximum atomic E-state index is 12.0. The normalized spacial score (nSPS) is 21.3. The predicted octanol–water partition coefficient (Wildman–Crippen LogP) is 1.31. The number of carbonyl (C=O) groups excluding carboxylic acids is 1. The minimum atomic E-state index is -0.0834. The van der Waals surface area contributed by atoms with Gasteiger partial charge in [0.25, 0.3) is 0 Å². The predicted molar refractivity (Wildman–Crippen MR) is 95.8 cm³/mol. The smallest absolute Gasteiger partial charge is 0.222 e. The highest BCUT2D eigenvalue weighted by Crippen LogP contribution is 2.46. The Balaban J connectivity index is 1.87. The number of nitrogens with zero attached hydrogens (tertiary/aromatic N) is 2. The monoisotopic (exact) mass is 343 g/mol. The number of aliphatic hydroxyl groups is 1. The maximum Gasteiger partial charge on any atom is 0.222 e. The fourth-order valence-electron chi connectivity index (χ4n) is 4.54. The second-order valence-electron chi connectivity index (χ2n) is 7.20. The van der Waals surface area contributed by atoms with Gasteiger partial charge < -0.3 is 24.6 Å². The third kappa shape index (κ3) is 2.20. The quantitative estimate of drug-likeness (QED) is 0.882. The van der Waals surface area contributed by atoms with Crippen LogP contribution in [0.4, 0.5) is 0 Å². The van der Waals surface area contributed by atoms with E-state index < -0.39 is 0 Å². The third-order valence-electron chi connectivity index (χ3n) is 5.83. The lowest BCUT2D eigenvalue weighted by Gasteiger charge is -2.53. The first kappa shape index (κ1) is 16.4. The largest absolute Gasteiger partial charge is 0.497 e. The number of hydrogen-bond donors (Lipinski definition) is 2. The summed E-state index contributed by atoms with van der Waals surface area (Å²) in [6.45, 7) is 4.22. The minimum absolute atomic E-state index is 0.0575. The molecule has 1 saturated heterocycles. The molecule has 1 fully saturated rings.